The molecule has 3 fully saturated rings. The Bertz CT molecular complexity index is 637. The summed E-state index contributed by atoms with van der Waals surface area (Å²) in [6, 6.07) is 0. The van der Waals surface area contributed by atoms with Crippen molar-refractivity contribution in [1.82, 2.24) is 0 Å². The Morgan fingerprint density at radius 1 is 0.500 bits per heavy atom. The molecule has 3 heterocycles. The Labute approximate surface area is 192 Å². The van der Waals surface area contributed by atoms with E-state index >= 15 is 0 Å². The van der Waals surface area contributed by atoms with E-state index in [1.54, 1.807) is 0 Å². The van der Waals surface area contributed by atoms with Crippen LogP contribution in [-0.4, -0.2) is 168 Å². The molecule has 200 valence electrons. The summed E-state index contributed by atoms with van der Waals surface area (Å²) >= 11 is 0. The van der Waals surface area contributed by atoms with Crippen LogP contribution < -0.4 is 0 Å². The van der Waals surface area contributed by atoms with Gasteiger partial charge in [-0.25, -0.2) is 0 Å². The lowest BCUT2D eigenvalue weighted by Gasteiger charge is -2.45. The third kappa shape index (κ3) is 5.52. The summed E-state index contributed by atoms with van der Waals surface area (Å²) in [6.07, 6.45) is -24.9. The fraction of sp³-hybridized carbons (Fsp3) is 1.00. The quantitative estimate of drug-likeness (QED) is 0.154. The minimum Gasteiger partial charge on any atom is -0.394 e. The normalized spacial score (nSPS) is 52.5. The van der Waals surface area contributed by atoms with Crippen LogP contribution in [0.2, 0.25) is 0 Å². The zero-order valence-electron chi connectivity index (χ0n) is 17.7. The summed E-state index contributed by atoms with van der Waals surface area (Å²) in [6.45, 7) is -2.06. The van der Waals surface area contributed by atoms with Gasteiger partial charge in [-0.05, 0) is 0 Å². The lowest BCUT2D eigenvalue weighted by atomic mass is 9.97. The number of aliphatic hydroxyl groups excluding tert-OH is 11. The molecule has 0 aromatic carbocycles. The zero-order chi connectivity index (χ0) is 25.3. The Balaban J connectivity index is 1.65. The molecule has 16 heteroatoms. The molecular weight excluding hydrogens is 472 g/mol. The van der Waals surface area contributed by atoms with Gasteiger partial charge < -0.3 is 79.9 Å². The van der Waals surface area contributed by atoms with E-state index in [2.05, 4.69) is 0 Å². The van der Waals surface area contributed by atoms with Crippen molar-refractivity contribution in [2.24, 2.45) is 0 Å². The van der Waals surface area contributed by atoms with Crippen molar-refractivity contribution in [3.63, 3.8) is 0 Å². The van der Waals surface area contributed by atoms with E-state index in [0.29, 0.717) is 0 Å². The zero-order valence-corrected chi connectivity index (χ0v) is 17.7. The monoisotopic (exact) mass is 504 g/mol. The second kappa shape index (κ2) is 11.6. The van der Waals surface area contributed by atoms with Crippen LogP contribution in [0.3, 0.4) is 0 Å². The van der Waals surface area contributed by atoms with E-state index in [4.69, 9.17) is 23.7 Å². The molecule has 3 saturated heterocycles. The molecule has 15 atom stereocenters. The third-order valence-electron chi connectivity index (χ3n) is 6.07. The van der Waals surface area contributed by atoms with Gasteiger partial charge in [-0.1, -0.05) is 0 Å². The van der Waals surface area contributed by atoms with E-state index in [9.17, 15) is 56.2 Å². The molecule has 0 aromatic heterocycles. The lowest BCUT2D eigenvalue weighted by Crippen LogP contribution is -2.65. The number of aliphatic hydroxyl groups is 11. The molecule has 16 nitrogen and oxygen atoms in total. The van der Waals surface area contributed by atoms with Crippen LogP contribution in [0.5, 0.6) is 0 Å². The highest BCUT2D eigenvalue weighted by atomic mass is 16.7. The first-order chi connectivity index (χ1) is 16.0. The standard InChI is InChI=1S/C18H32O16/c19-1-4-7(21)10(24)12(26)17(32-4)30-3-6-9(23)15(14(28)16(29)31-6)34-18-13(27)11(25)8(22)5(2-20)33-18/h4-29H,1-3H2/t4-,5-,6-,7-,8-,9-,10+,11+,12+,13+,14+,15+,16+,17?,18?/m1/s1. The Hall–Kier alpha value is -0.640. The maximum absolute atomic E-state index is 10.6. The van der Waals surface area contributed by atoms with Crippen LogP contribution >= 0.6 is 0 Å². The molecule has 0 radical (unpaired) electrons. The van der Waals surface area contributed by atoms with Crippen LogP contribution in [0.25, 0.3) is 0 Å². The van der Waals surface area contributed by atoms with Crippen LogP contribution in [0.4, 0.5) is 0 Å². The maximum atomic E-state index is 10.6. The minimum atomic E-state index is -1.93. The van der Waals surface area contributed by atoms with E-state index in [1.165, 1.54) is 0 Å². The first kappa shape index (κ1) is 27.9. The van der Waals surface area contributed by atoms with Crippen LogP contribution in [0, 0.1) is 0 Å². The minimum absolute atomic E-state index is 0.609. The molecule has 2 unspecified atom stereocenters. The van der Waals surface area contributed by atoms with Gasteiger partial charge in [0.05, 0.1) is 19.8 Å². The van der Waals surface area contributed by atoms with Crippen molar-refractivity contribution < 1.29 is 79.9 Å². The highest BCUT2D eigenvalue weighted by Crippen LogP contribution is 2.29. The van der Waals surface area contributed by atoms with Crippen LogP contribution in [0.15, 0.2) is 0 Å². The topological polar surface area (TPSA) is 269 Å². The van der Waals surface area contributed by atoms with Crippen molar-refractivity contribution in [2.75, 3.05) is 19.8 Å². The molecule has 3 rings (SSSR count). The maximum Gasteiger partial charge on any atom is 0.187 e. The fourth-order valence-corrected chi connectivity index (χ4v) is 3.94. The van der Waals surface area contributed by atoms with Gasteiger partial charge in [-0.15, -0.1) is 0 Å². The van der Waals surface area contributed by atoms with Gasteiger partial charge in [0.1, 0.15) is 73.2 Å². The molecule has 0 aliphatic carbocycles. The molecule has 0 bridgehead atoms. The smallest absolute Gasteiger partial charge is 0.187 e. The largest absolute Gasteiger partial charge is 0.394 e. The predicted octanol–water partition coefficient (Wildman–Crippen LogP) is -7.57. The molecular formula is C18H32O16. The SMILES string of the molecule is OC[C@H]1OC(OC[C@H]2O[C@H](O)[C@@H](O)[C@@H](OC3O[C@H](CO)[C@@H](O)[C@H](O)[C@@H]3O)[C@@H]2O)[C@@H](O)[C@@H](O)[C@@H]1O. The van der Waals surface area contributed by atoms with Gasteiger partial charge in [-0.3, -0.25) is 0 Å². The van der Waals surface area contributed by atoms with Gasteiger partial charge in [0.2, 0.25) is 0 Å². The average Bonchev–Trinajstić information content (AvgIpc) is 2.82. The highest BCUT2D eigenvalue weighted by Gasteiger charge is 2.51. The Morgan fingerprint density at radius 3 is 1.53 bits per heavy atom. The lowest BCUT2D eigenvalue weighted by molar-refractivity contribution is -0.361. The van der Waals surface area contributed by atoms with Crippen molar-refractivity contribution >= 4 is 0 Å². The van der Waals surface area contributed by atoms with Gasteiger partial charge >= 0.3 is 0 Å². The van der Waals surface area contributed by atoms with E-state index in [0.717, 1.165) is 0 Å². The molecule has 11 N–H and O–H groups in total. The molecule has 34 heavy (non-hydrogen) atoms. The molecule has 0 spiro atoms. The first-order valence-corrected chi connectivity index (χ1v) is 10.6. The van der Waals surface area contributed by atoms with Crippen LogP contribution in [0.1, 0.15) is 0 Å². The summed E-state index contributed by atoms with van der Waals surface area (Å²) in [4.78, 5) is 0. The number of hydrogen-bond acceptors (Lipinski definition) is 16. The van der Waals surface area contributed by atoms with Gasteiger partial charge in [-0.2, -0.15) is 0 Å². The Kier molecular flexibility index (Phi) is 9.54. The van der Waals surface area contributed by atoms with E-state index in [1.807, 2.05) is 0 Å². The molecule has 3 aliphatic heterocycles. The van der Waals surface area contributed by atoms with E-state index < -0.39 is 112 Å². The van der Waals surface area contributed by atoms with Crippen molar-refractivity contribution in [1.29, 1.82) is 0 Å². The van der Waals surface area contributed by atoms with Gasteiger partial charge in [0.25, 0.3) is 0 Å². The molecule has 3 aliphatic rings. The summed E-state index contributed by atoms with van der Waals surface area (Å²) in [5.41, 5.74) is 0. The number of hydrogen-bond donors (Lipinski definition) is 11. The number of ether oxygens (including phenoxy) is 5. The summed E-state index contributed by atoms with van der Waals surface area (Å²) in [5.74, 6) is 0. The first-order valence-electron chi connectivity index (χ1n) is 10.6. The average molecular weight is 504 g/mol. The molecule has 0 aromatic rings. The molecule has 0 saturated carbocycles. The van der Waals surface area contributed by atoms with Crippen LogP contribution in [-0.2, 0) is 23.7 Å². The van der Waals surface area contributed by atoms with Gasteiger partial charge in [0, 0.05) is 0 Å². The number of rotatable bonds is 7. The molecule has 0 amide bonds. The summed E-state index contributed by atoms with van der Waals surface area (Å²) in [7, 11) is 0. The van der Waals surface area contributed by atoms with Crippen molar-refractivity contribution in [2.45, 2.75) is 92.1 Å². The summed E-state index contributed by atoms with van der Waals surface area (Å²) < 4.78 is 26.1. The van der Waals surface area contributed by atoms with Gasteiger partial charge in [0.15, 0.2) is 18.9 Å². The van der Waals surface area contributed by atoms with Crippen molar-refractivity contribution in [3.05, 3.63) is 0 Å². The second-order valence-corrected chi connectivity index (χ2v) is 8.37. The second-order valence-electron chi connectivity index (χ2n) is 8.37. The highest BCUT2D eigenvalue weighted by molar-refractivity contribution is 4.94. The fourth-order valence-electron chi connectivity index (χ4n) is 3.94. The van der Waals surface area contributed by atoms with E-state index in [-0.39, 0.29) is 0 Å². The third-order valence-corrected chi connectivity index (χ3v) is 6.07. The predicted molar refractivity (Wildman–Crippen MR) is 101 cm³/mol. The van der Waals surface area contributed by atoms with Crippen molar-refractivity contribution in [3.8, 4) is 0 Å². The Morgan fingerprint density at radius 2 is 1.00 bits per heavy atom. The summed E-state index contributed by atoms with van der Waals surface area (Å²) in [5, 5.41) is 109.